The van der Waals surface area contributed by atoms with E-state index in [0.29, 0.717) is 36.7 Å². The number of quaternary nitrogens is 2. The highest BCUT2D eigenvalue weighted by molar-refractivity contribution is 6.30. The maximum atomic E-state index is 13.6. The Hall–Kier alpha value is -2.15. The zero-order chi connectivity index (χ0) is 20.5. The van der Waals surface area contributed by atoms with Gasteiger partial charge in [0.2, 0.25) is 0 Å². The summed E-state index contributed by atoms with van der Waals surface area (Å²) in [6.45, 7) is 6.56. The van der Waals surface area contributed by atoms with Gasteiger partial charge in [-0.1, -0.05) is 29.8 Å². The van der Waals surface area contributed by atoms with Crippen molar-refractivity contribution in [3.05, 3.63) is 64.9 Å². The van der Waals surface area contributed by atoms with Crippen LogP contribution >= 0.6 is 11.6 Å². The predicted molar refractivity (Wildman–Crippen MR) is 111 cm³/mol. The minimum atomic E-state index is -0.216. The van der Waals surface area contributed by atoms with E-state index in [1.54, 1.807) is 12.1 Å². The molecular weight excluding hydrogens is 393 g/mol. The molecule has 0 atom stereocenters. The first-order chi connectivity index (χ1) is 14.1. The highest BCUT2D eigenvalue weighted by Crippen LogP contribution is 2.14. The van der Waals surface area contributed by atoms with Crippen LogP contribution in [0.3, 0.4) is 0 Å². The van der Waals surface area contributed by atoms with Gasteiger partial charge in [-0.2, -0.15) is 0 Å². The first-order valence-corrected chi connectivity index (χ1v) is 10.5. The van der Waals surface area contributed by atoms with Crippen molar-refractivity contribution in [1.29, 1.82) is 0 Å². The Morgan fingerprint density at radius 3 is 2.45 bits per heavy atom. The Kier molecular flexibility index (Phi) is 8.28. The fourth-order valence-corrected chi connectivity index (χ4v) is 3.68. The number of benzene rings is 2. The number of nitrogens with one attached hydrogen (secondary N) is 3. The third kappa shape index (κ3) is 7.31. The summed E-state index contributed by atoms with van der Waals surface area (Å²) in [7, 11) is 0. The van der Waals surface area contributed by atoms with Gasteiger partial charge >= 0.3 is 0 Å². The lowest BCUT2D eigenvalue weighted by atomic mass is 10.1. The van der Waals surface area contributed by atoms with Crippen molar-refractivity contribution in [2.24, 2.45) is 0 Å². The Labute approximate surface area is 176 Å². The molecule has 1 aliphatic rings. The molecule has 5 nitrogen and oxygen atoms in total. The number of hydrogen-bond donors (Lipinski definition) is 3. The Balaban J connectivity index is 1.27. The molecule has 29 heavy (non-hydrogen) atoms. The van der Waals surface area contributed by atoms with Crippen LogP contribution in [0.15, 0.2) is 48.5 Å². The topological polar surface area (TPSA) is 47.2 Å². The maximum Gasteiger partial charge on any atom is 0.275 e. The van der Waals surface area contributed by atoms with Gasteiger partial charge in [0, 0.05) is 11.6 Å². The Bertz CT molecular complexity index is 780. The number of carbonyl (C=O) groups is 1. The number of halogens is 2. The first kappa shape index (κ1) is 21.6. The zero-order valence-corrected chi connectivity index (χ0v) is 17.3. The van der Waals surface area contributed by atoms with E-state index in [-0.39, 0.29) is 11.7 Å². The van der Waals surface area contributed by atoms with Crippen LogP contribution in [0.1, 0.15) is 5.56 Å². The summed E-state index contributed by atoms with van der Waals surface area (Å²) in [6.07, 6.45) is 0.513. The monoisotopic (exact) mass is 421 g/mol. The largest absolute Gasteiger partial charge is 0.488 e. The predicted octanol–water partition coefficient (Wildman–Crippen LogP) is 0.000200. The van der Waals surface area contributed by atoms with Crippen LogP contribution in [0.4, 0.5) is 4.39 Å². The lowest BCUT2D eigenvalue weighted by molar-refractivity contribution is -1.01. The van der Waals surface area contributed by atoms with Gasteiger partial charge in [-0.25, -0.2) is 4.39 Å². The van der Waals surface area contributed by atoms with Crippen molar-refractivity contribution < 1.29 is 23.7 Å². The van der Waals surface area contributed by atoms with E-state index in [4.69, 9.17) is 16.3 Å². The van der Waals surface area contributed by atoms with Gasteiger partial charge in [-0.15, -0.1) is 0 Å². The van der Waals surface area contributed by atoms with Gasteiger partial charge < -0.3 is 19.9 Å². The molecule has 1 heterocycles. The van der Waals surface area contributed by atoms with Crippen molar-refractivity contribution in [1.82, 2.24) is 5.32 Å². The molecular formula is C22H29ClFN3O2+2. The smallest absolute Gasteiger partial charge is 0.275 e. The van der Waals surface area contributed by atoms with Gasteiger partial charge in [0.15, 0.2) is 6.54 Å². The fraction of sp³-hybridized carbons (Fsp3) is 0.409. The third-order valence-corrected chi connectivity index (χ3v) is 5.54. The molecule has 0 aromatic heterocycles. The molecule has 1 aliphatic heterocycles. The lowest BCUT2D eigenvalue weighted by Gasteiger charge is -2.29. The zero-order valence-electron chi connectivity index (χ0n) is 16.6. The Morgan fingerprint density at radius 2 is 1.72 bits per heavy atom. The molecule has 0 radical (unpaired) electrons. The number of ether oxygens (including phenoxy) is 1. The molecule has 7 heteroatoms. The number of carbonyl (C=O) groups excluding carboxylic acids is 1. The van der Waals surface area contributed by atoms with Crippen molar-refractivity contribution in [2.75, 3.05) is 52.4 Å². The molecule has 1 fully saturated rings. The second-order valence-electron chi connectivity index (χ2n) is 7.42. The molecule has 2 aromatic carbocycles. The summed E-state index contributed by atoms with van der Waals surface area (Å²) < 4.78 is 19.4. The van der Waals surface area contributed by atoms with E-state index in [0.717, 1.165) is 38.5 Å². The van der Waals surface area contributed by atoms with Crippen molar-refractivity contribution >= 4 is 17.5 Å². The average Bonchev–Trinajstić information content (AvgIpc) is 2.72. The van der Waals surface area contributed by atoms with E-state index in [9.17, 15) is 9.18 Å². The number of piperazine rings is 1. The molecule has 0 unspecified atom stereocenters. The maximum absolute atomic E-state index is 13.6. The molecule has 3 rings (SSSR count). The summed E-state index contributed by atoms with van der Waals surface area (Å²) in [5, 5.41) is 3.62. The second-order valence-corrected chi connectivity index (χ2v) is 7.86. The van der Waals surface area contributed by atoms with Crippen LogP contribution in [-0.2, 0) is 11.2 Å². The van der Waals surface area contributed by atoms with Crippen LogP contribution in [-0.4, -0.2) is 58.3 Å². The molecule has 0 bridgehead atoms. The van der Waals surface area contributed by atoms with E-state index >= 15 is 0 Å². The highest BCUT2D eigenvalue weighted by atomic mass is 35.5. The van der Waals surface area contributed by atoms with Gasteiger partial charge in [0.25, 0.3) is 5.91 Å². The number of hydrogen-bond acceptors (Lipinski definition) is 2. The van der Waals surface area contributed by atoms with E-state index in [1.165, 1.54) is 15.9 Å². The minimum absolute atomic E-state index is 0.0332. The van der Waals surface area contributed by atoms with Crippen LogP contribution in [0.2, 0.25) is 5.02 Å². The molecule has 1 saturated heterocycles. The van der Waals surface area contributed by atoms with Crippen molar-refractivity contribution in [2.45, 2.75) is 6.42 Å². The quantitative estimate of drug-likeness (QED) is 0.534. The second kappa shape index (κ2) is 11.1. The van der Waals surface area contributed by atoms with E-state index in [2.05, 4.69) is 5.32 Å². The van der Waals surface area contributed by atoms with Crippen LogP contribution < -0.4 is 19.9 Å². The molecule has 0 spiro atoms. The fourth-order valence-electron chi connectivity index (χ4n) is 3.56. The van der Waals surface area contributed by atoms with Gasteiger partial charge in [0.05, 0.1) is 0 Å². The van der Waals surface area contributed by atoms with Crippen molar-refractivity contribution in [3.63, 3.8) is 0 Å². The standard InChI is InChI=1S/C22H27ClFN3O2/c23-19-5-7-20(8-6-19)29-16-15-26-11-13-27(14-12-26)17-22(28)25-10-9-18-3-1-2-4-21(18)24/h1-8H,9-17H2,(H,25,28)/p+2. The summed E-state index contributed by atoms with van der Waals surface area (Å²) in [5.74, 6) is 0.655. The van der Waals surface area contributed by atoms with Crippen LogP contribution in [0, 0.1) is 5.82 Å². The molecule has 156 valence electrons. The molecule has 3 N–H and O–H groups in total. The number of rotatable bonds is 9. The van der Waals surface area contributed by atoms with Gasteiger partial charge in [0.1, 0.15) is 50.9 Å². The van der Waals surface area contributed by atoms with Crippen LogP contribution in [0.5, 0.6) is 5.75 Å². The molecule has 0 saturated carbocycles. The minimum Gasteiger partial charge on any atom is -0.488 e. The van der Waals surface area contributed by atoms with Crippen LogP contribution in [0.25, 0.3) is 0 Å². The summed E-state index contributed by atoms with van der Waals surface area (Å²) in [6, 6.07) is 14.1. The average molecular weight is 422 g/mol. The van der Waals surface area contributed by atoms with Gasteiger partial charge in [-0.05, 0) is 42.3 Å². The van der Waals surface area contributed by atoms with Gasteiger partial charge in [-0.3, -0.25) is 4.79 Å². The normalized spacial score (nSPS) is 19.0. The molecule has 0 aliphatic carbocycles. The number of amides is 1. The van der Waals surface area contributed by atoms with E-state index < -0.39 is 0 Å². The highest BCUT2D eigenvalue weighted by Gasteiger charge is 2.24. The summed E-state index contributed by atoms with van der Waals surface area (Å²) in [4.78, 5) is 15.0. The SMILES string of the molecule is O=C(C[NH+]1CC[NH+](CCOc2ccc(Cl)cc2)CC1)NCCc1ccccc1F. The van der Waals surface area contributed by atoms with Crippen molar-refractivity contribution in [3.8, 4) is 5.75 Å². The molecule has 1 amide bonds. The van der Waals surface area contributed by atoms with E-state index in [1.807, 2.05) is 30.3 Å². The first-order valence-electron chi connectivity index (χ1n) is 10.2. The summed E-state index contributed by atoms with van der Waals surface area (Å²) in [5.41, 5.74) is 0.637. The third-order valence-electron chi connectivity index (χ3n) is 5.29. The molecule has 2 aromatic rings. The Morgan fingerprint density at radius 1 is 1.03 bits per heavy atom. The lowest BCUT2D eigenvalue weighted by Crippen LogP contribution is -3.28. The summed E-state index contributed by atoms with van der Waals surface area (Å²) >= 11 is 5.87.